The summed E-state index contributed by atoms with van der Waals surface area (Å²) in [6.45, 7) is 7.86. The molecule has 1 aromatic rings. The molecule has 0 bridgehead atoms. The van der Waals surface area contributed by atoms with E-state index in [1.807, 2.05) is 20.8 Å². The minimum atomic E-state index is -0.609. The Morgan fingerprint density at radius 1 is 1.33 bits per heavy atom. The molecule has 21 heavy (non-hydrogen) atoms. The van der Waals surface area contributed by atoms with Gasteiger partial charge in [-0.25, -0.2) is 0 Å². The normalized spacial score (nSPS) is 11.0. The molecule has 7 heteroatoms. The Balaban J connectivity index is 2.92. The monoisotopic (exact) mass is 312 g/mol. The van der Waals surface area contributed by atoms with Gasteiger partial charge in [0.1, 0.15) is 11.3 Å². The molecule has 0 radical (unpaired) electrons. The first kappa shape index (κ1) is 17.2. The molecule has 2 amide bonds. The number of esters is 1. The summed E-state index contributed by atoms with van der Waals surface area (Å²) in [6, 6.07) is 1.72. The van der Waals surface area contributed by atoms with Gasteiger partial charge in [0.05, 0.1) is 12.3 Å². The molecule has 0 saturated carbocycles. The van der Waals surface area contributed by atoms with E-state index in [4.69, 9.17) is 10.5 Å². The Hall–Kier alpha value is -1.89. The van der Waals surface area contributed by atoms with Crippen molar-refractivity contribution in [3.63, 3.8) is 0 Å². The van der Waals surface area contributed by atoms with Gasteiger partial charge in [-0.1, -0.05) is 20.8 Å². The number of primary amides is 1. The lowest BCUT2D eigenvalue weighted by Gasteiger charge is -2.15. The van der Waals surface area contributed by atoms with Crippen molar-refractivity contribution < 1.29 is 19.1 Å². The average Bonchev–Trinajstić information content (AvgIpc) is 2.72. The van der Waals surface area contributed by atoms with Gasteiger partial charge in [-0.15, -0.1) is 11.3 Å². The van der Waals surface area contributed by atoms with Gasteiger partial charge >= 0.3 is 5.97 Å². The Kier molecular flexibility index (Phi) is 5.48. The predicted molar refractivity (Wildman–Crippen MR) is 81.4 cm³/mol. The summed E-state index contributed by atoms with van der Waals surface area (Å²) >= 11 is 1.24. The molecular weight excluding hydrogens is 292 g/mol. The summed E-state index contributed by atoms with van der Waals surface area (Å²) in [5.41, 5.74) is 5.50. The molecule has 1 heterocycles. The lowest BCUT2D eigenvalue weighted by atomic mass is 9.94. The van der Waals surface area contributed by atoms with Crippen molar-refractivity contribution >= 4 is 34.8 Å². The van der Waals surface area contributed by atoms with E-state index >= 15 is 0 Å². The molecule has 0 saturated heterocycles. The molecule has 116 valence electrons. The number of rotatable bonds is 5. The van der Waals surface area contributed by atoms with E-state index in [0.29, 0.717) is 5.69 Å². The largest absolute Gasteiger partial charge is 0.466 e. The standard InChI is InChI=1S/C14H20N2O4S/c1-5-20-11(18)7-10(17)16-8-6-9(14(2,3)4)21-12(8)13(15)19/h6H,5,7H2,1-4H3,(H2,15,19)(H,16,17). The first-order chi connectivity index (χ1) is 9.65. The molecule has 0 aliphatic rings. The van der Waals surface area contributed by atoms with Crippen LogP contribution in [0.25, 0.3) is 0 Å². The average molecular weight is 312 g/mol. The second-order valence-electron chi connectivity index (χ2n) is 5.50. The van der Waals surface area contributed by atoms with Crippen LogP contribution in [0, 0.1) is 0 Å². The fourth-order valence-corrected chi connectivity index (χ4v) is 2.60. The SMILES string of the molecule is CCOC(=O)CC(=O)Nc1cc(C(C)(C)C)sc1C(N)=O. The van der Waals surface area contributed by atoms with Crippen molar-refractivity contribution in [3.8, 4) is 0 Å². The number of nitrogens with one attached hydrogen (secondary N) is 1. The van der Waals surface area contributed by atoms with E-state index in [9.17, 15) is 14.4 Å². The van der Waals surface area contributed by atoms with Crippen LogP contribution in [0.3, 0.4) is 0 Å². The van der Waals surface area contributed by atoms with Crippen LogP contribution < -0.4 is 11.1 Å². The number of carbonyl (C=O) groups excluding carboxylic acids is 3. The lowest BCUT2D eigenvalue weighted by Crippen LogP contribution is -2.20. The fraction of sp³-hybridized carbons (Fsp3) is 0.500. The minimum Gasteiger partial charge on any atom is -0.466 e. The number of thiophene rings is 1. The summed E-state index contributed by atoms with van der Waals surface area (Å²) in [6.07, 6.45) is -0.396. The maximum Gasteiger partial charge on any atom is 0.315 e. The smallest absolute Gasteiger partial charge is 0.315 e. The second-order valence-corrected chi connectivity index (χ2v) is 6.55. The molecule has 0 aliphatic heterocycles. The first-order valence-electron chi connectivity index (χ1n) is 6.54. The summed E-state index contributed by atoms with van der Waals surface area (Å²) in [7, 11) is 0. The van der Waals surface area contributed by atoms with Gasteiger partial charge in [0, 0.05) is 4.88 Å². The maximum absolute atomic E-state index is 11.8. The number of anilines is 1. The Labute approximate surface area is 127 Å². The zero-order valence-electron chi connectivity index (χ0n) is 12.6. The molecule has 0 aliphatic carbocycles. The van der Waals surface area contributed by atoms with E-state index in [-0.39, 0.29) is 16.9 Å². The molecule has 0 unspecified atom stereocenters. The van der Waals surface area contributed by atoms with E-state index in [0.717, 1.165) is 4.88 Å². The highest BCUT2D eigenvalue weighted by Gasteiger charge is 2.23. The number of amides is 2. The van der Waals surface area contributed by atoms with E-state index < -0.39 is 24.2 Å². The molecule has 0 atom stereocenters. The van der Waals surface area contributed by atoms with Crippen LogP contribution in [0.15, 0.2) is 6.07 Å². The van der Waals surface area contributed by atoms with E-state index in [1.165, 1.54) is 11.3 Å². The van der Waals surface area contributed by atoms with Crippen molar-refractivity contribution in [2.24, 2.45) is 5.73 Å². The summed E-state index contributed by atoms with van der Waals surface area (Å²) in [5, 5.41) is 2.54. The van der Waals surface area contributed by atoms with Gasteiger partial charge in [0.25, 0.3) is 5.91 Å². The molecule has 6 nitrogen and oxygen atoms in total. The number of hydrogen-bond acceptors (Lipinski definition) is 5. The quantitative estimate of drug-likeness (QED) is 0.642. The van der Waals surface area contributed by atoms with Gasteiger partial charge in [-0.2, -0.15) is 0 Å². The van der Waals surface area contributed by atoms with Gasteiger partial charge in [-0.05, 0) is 18.4 Å². The molecule has 0 fully saturated rings. The molecule has 1 aromatic heterocycles. The number of carbonyl (C=O) groups is 3. The highest BCUT2D eigenvalue weighted by atomic mass is 32.1. The summed E-state index contributed by atoms with van der Waals surface area (Å²) in [4.78, 5) is 35.7. The third kappa shape index (κ3) is 4.86. The molecular formula is C14H20N2O4S. The molecule has 1 rings (SSSR count). The third-order valence-corrected chi connectivity index (χ3v) is 4.15. The topological polar surface area (TPSA) is 98.5 Å². The number of nitrogens with two attached hydrogens (primary N) is 1. The van der Waals surface area contributed by atoms with E-state index in [1.54, 1.807) is 13.0 Å². The van der Waals surface area contributed by atoms with Crippen LogP contribution in [0.4, 0.5) is 5.69 Å². The fourth-order valence-electron chi connectivity index (χ4n) is 1.57. The number of ether oxygens (including phenoxy) is 1. The van der Waals surface area contributed by atoms with Gasteiger partial charge in [0.15, 0.2) is 0 Å². The van der Waals surface area contributed by atoms with Gasteiger partial charge in [-0.3, -0.25) is 14.4 Å². The van der Waals surface area contributed by atoms with Crippen LogP contribution in [0.2, 0.25) is 0 Å². The third-order valence-electron chi connectivity index (χ3n) is 2.58. The minimum absolute atomic E-state index is 0.168. The van der Waals surface area contributed by atoms with Crippen LogP contribution in [0.1, 0.15) is 48.7 Å². The van der Waals surface area contributed by atoms with Gasteiger partial charge < -0.3 is 15.8 Å². The molecule has 3 N–H and O–H groups in total. The maximum atomic E-state index is 11.8. The summed E-state index contributed by atoms with van der Waals surface area (Å²) in [5.74, 6) is -1.75. The van der Waals surface area contributed by atoms with Crippen molar-refractivity contribution in [2.45, 2.75) is 39.5 Å². The second kappa shape index (κ2) is 6.71. The van der Waals surface area contributed by atoms with Crippen molar-refractivity contribution in [1.82, 2.24) is 0 Å². The zero-order chi connectivity index (χ0) is 16.2. The molecule has 0 aromatic carbocycles. The first-order valence-corrected chi connectivity index (χ1v) is 7.36. The van der Waals surface area contributed by atoms with Crippen LogP contribution in [0.5, 0.6) is 0 Å². The van der Waals surface area contributed by atoms with Crippen molar-refractivity contribution in [2.75, 3.05) is 11.9 Å². The Morgan fingerprint density at radius 3 is 2.43 bits per heavy atom. The van der Waals surface area contributed by atoms with E-state index in [2.05, 4.69) is 5.32 Å². The number of hydrogen-bond donors (Lipinski definition) is 2. The lowest BCUT2D eigenvalue weighted by molar-refractivity contribution is -0.145. The zero-order valence-corrected chi connectivity index (χ0v) is 13.4. The highest BCUT2D eigenvalue weighted by Crippen LogP contribution is 2.35. The van der Waals surface area contributed by atoms with Crippen LogP contribution in [-0.4, -0.2) is 24.4 Å². The highest BCUT2D eigenvalue weighted by molar-refractivity contribution is 7.14. The van der Waals surface area contributed by atoms with Gasteiger partial charge in [0.2, 0.25) is 5.91 Å². The van der Waals surface area contributed by atoms with Crippen LogP contribution >= 0.6 is 11.3 Å². The van der Waals surface area contributed by atoms with Crippen molar-refractivity contribution in [1.29, 1.82) is 0 Å². The Bertz CT molecular complexity index is 558. The van der Waals surface area contributed by atoms with Crippen LogP contribution in [-0.2, 0) is 19.7 Å². The predicted octanol–water partition coefficient (Wildman–Crippen LogP) is 2.04. The van der Waals surface area contributed by atoms with Crippen molar-refractivity contribution in [3.05, 3.63) is 15.8 Å². The molecule has 0 spiro atoms. The Morgan fingerprint density at radius 2 is 1.95 bits per heavy atom. The summed E-state index contributed by atoms with van der Waals surface area (Å²) < 4.78 is 4.70.